The van der Waals surface area contributed by atoms with Crippen LogP contribution in [0.3, 0.4) is 0 Å². The molecule has 1 saturated heterocycles. The molecule has 5 N–H and O–H groups in total. The molecule has 9 heteroatoms. The normalized spacial score (nSPS) is 13.9. The number of hydrogen-bond acceptors (Lipinski definition) is 8. The summed E-state index contributed by atoms with van der Waals surface area (Å²) in [5.74, 6) is -0.204. The molecule has 1 aliphatic heterocycles. The molecule has 0 saturated carbocycles. The summed E-state index contributed by atoms with van der Waals surface area (Å²) in [6.07, 6.45) is 0. The van der Waals surface area contributed by atoms with E-state index in [0.717, 1.165) is 50.5 Å². The van der Waals surface area contributed by atoms with Crippen LogP contribution in [-0.4, -0.2) is 65.1 Å². The average molecular weight is 525 g/mol. The van der Waals surface area contributed by atoms with Crippen molar-refractivity contribution in [1.29, 1.82) is 0 Å². The first-order valence-electron chi connectivity index (χ1n) is 13.1. The Kier molecular flexibility index (Phi) is 10.3. The lowest BCUT2D eigenvalue weighted by molar-refractivity contribution is 0.0342. The Labute approximate surface area is 224 Å². The van der Waals surface area contributed by atoms with Gasteiger partial charge < -0.3 is 30.5 Å². The highest BCUT2D eigenvalue weighted by Gasteiger charge is 2.27. The summed E-state index contributed by atoms with van der Waals surface area (Å²) < 4.78 is 11.1. The predicted molar refractivity (Wildman–Crippen MR) is 148 cm³/mol. The zero-order chi connectivity index (χ0) is 27.8. The maximum absolute atomic E-state index is 13.0. The molecular weight excluding hydrogens is 484 g/mol. The van der Waals surface area contributed by atoms with E-state index in [1.165, 1.54) is 6.07 Å². The lowest BCUT2D eigenvalue weighted by Crippen LogP contribution is -2.35. The van der Waals surface area contributed by atoms with Gasteiger partial charge in [-0.2, -0.15) is 0 Å². The van der Waals surface area contributed by atoms with Crippen LogP contribution < -0.4 is 11.1 Å². The molecule has 0 unspecified atom stereocenters. The van der Waals surface area contributed by atoms with Gasteiger partial charge in [0.15, 0.2) is 11.5 Å². The highest BCUT2D eigenvalue weighted by atomic mass is 16.5. The highest BCUT2D eigenvalue weighted by molar-refractivity contribution is 6.02. The molecule has 1 aliphatic rings. The van der Waals surface area contributed by atoms with E-state index in [4.69, 9.17) is 15.0 Å². The van der Waals surface area contributed by atoms with Crippen LogP contribution in [0, 0.1) is 0 Å². The smallest absolute Gasteiger partial charge is 0.274 e. The van der Waals surface area contributed by atoms with Crippen molar-refractivity contribution in [2.75, 3.05) is 32.8 Å². The van der Waals surface area contributed by atoms with Crippen molar-refractivity contribution in [2.24, 2.45) is 5.73 Å². The van der Waals surface area contributed by atoms with E-state index in [9.17, 15) is 15.0 Å². The van der Waals surface area contributed by atoms with E-state index in [1.54, 1.807) is 6.07 Å². The quantitative estimate of drug-likeness (QED) is 0.355. The molecule has 0 radical (unpaired) electrons. The van der Waals surface area contributed by atoms with Gasteiger partial charge in [-0.25, -0.2) is 0 Å². The Morgan fingerprint density at radius 3 is 2.29 bits per heavy atom. The molecule has 0 aliphatic carbocycles. The van der Waals surface area contributed by atoms with Gasteiger partial charge in [-0.3, -0.25) is 9.69 Å². The van der Waals surface area contributed by atoms with E-state index in [-0.39, 0.29) is 40.8 Å². The molecule has 4 rings (SSSR count). The number of carbonyl (C=O) groups is 1. The second-order valence-corrected chi connectivity index (χ2v) is 9.94. The van der Waals surface area contributed by atoms with Gasteiger partial charge in [0.2, 0.25) is 0 Å². The monoisotopic (exact) mass is 524 g/mol. The molecule has 2 aromatic carbocycles. The topological polar surface area (TPSA) is 134 Å². The minimum Gasteiger partial charge on any atom is -0.508 e. The Morgan fingerprint density at radius 2 is 1.71 bits per heavy atom. The van der Waals surface area contributed by atoms with Crippen LogP contribution in [-0.2, 0) is 11.3 Å². The maximum Gasteiger partial charge on any atom is 0.274 e. The summed E-state index contributed by atoms with van der Waals surface area (Å²) in [7, 11) is 0. The van der Waals surface area contributed by atoms with E-state index >= 15 is 0 Å². The van der Waals surface area contributed by atoms with Crippen molar-refractivity contribution in [2.45, 2.75) is 53.1 Å². The van der Waals surface area contributed by atoms with Gasteiger partial charge in [0.25, 0.3) is 5.91 Å². The minimum atomic E-state index is -0.357. The van der Waals surface area contributed by atoms with Gasteiger partial charge in [0.1, 0.15) is 11.5 Å². The lowest BCUT2D eigenvalue weighted by Gasteiger charge is -2.26. The largest absolute Gasteiger partial charge is 0.508 e. The van der Waals surface area contributed by atoms with Gasteiger partial charge in [0.05, 0.1) is 24.3 Å². The number of nitrogens with two attached hydrogens (primary N) is 1. The van der Waals surface area contributed by atoms with Crippen molar-refractivity contribution < 1.29 is 24.3 Å². The Hall–Kier alpha value is -3.40. The molecule has 1 aromatic heterocycles. The summed E-state index contributed by atoms with van der Waals surface area (Å²) >= 11 is 0. The number of hydrogen-bond donors (Lipinski definition) is 4. The Bertz CT molecular complexity index is 1200. The van der Waals surface area contributed by atoms with E-state index < -0.39 is 0 Å². The number of benzene rings is 2. The predicted octanol–water partition coefficient (Wildman–Crippen LogP) is 4.48. The molecular formula is C29H40N4O5. The number of nitrogens with zero attached hydrogens (tertiary/aromatic N) is 2. The van der Waals surface area contributed by atoms with Crippen LogP contribution in [0.5, 0.6) is 11.5 Å². The number of ether oxygens (including phenoxy) is 1. The van der Waals surface area contributed by atoms with Crippen molar-refractivity contribution >= 4 is 5.91 Å². The second kappa shape index (κ2) is 13.4. The minimum absolute atomic E-state index is 0.00700. The molecule has 1 fully saturated rings. The summed E-state index contributed by atoms with van der Waals surface area (Å²) in [5, 5.41) is 27.9. The molecule has 0 atom stereocenters. The Balaban J connectivity index is 0.00000127. The average Bonchev–Trinajstić information content (AvgIpc) is 3.30. The van der Waals surface area contributed by atoms with Crippen molar-refractivity contribution in [3.63, 3.8) is 0 Å². The van der Waals surface area contributed by atoms with Gasteiger partial charge in [-0.1, -0.05) is 50.2 Å². The zero-order valence-corrected chi connectivity index (χ0v) is 23.0. The van der Waals surface area contributed by atoms with Crippen molar-refractivity contribution in [1.82, 2.24) is 15.4 Å². The van der Waals surface area contributed by atoms with E-state index in [2.05, 4.69) is 15.4 Å². The third-order valence-corrected chi connectivity index (χ3v) is 6.09. The van der Waals surface area contributed by atoms with Gasteiger partial charge in [-0.05, 0) is 49.1 Å². The first-order valence-corrected chi connectivity index (χ1v) is 13.1. The van der Waals surface area contributed by atoms with Gasteiger partial charge in [0, 0.05) is 31.7 Å². The number of aromatic hydroxyl groups is 2. The SMILES string of the molecule is CC(C)NC(=O)c1noc(-c2cc(C(C)C)c(O)cc2O)c1-c1ccc(CN2CCOCC2)cc1.CCN. The highest BCUT2D eigenvalue weighted by Crippen LogP contribution is 2.43. The first-order chi connectivity index (χ1) is 18.2. The third kappa shape index (κ3) is 7.12. The second-order valence-electron chi connectivity index (χ2n) is 9.94. The summed E-state index contributed by atoms with van der Waals surface area (Å²) in [6, 6.07) is 10.9. The van der Waals surface area contributed by atoms with Crippen LogP contribution in [0.15, 0.2) is 40.9 Å². The molecule has 0 bridgehead atoms. The van der Waals surface area contributed by atoms with Crippen molar-refractivity contribution in [3.05, 3.63) is 53.2 Å². The molecule has 9 nitrogen and oxygen atoms in total. The number of carbonyl (C=O) groups excluding carboxylic acids is 1. The van der Waals surface area contributed by atoms with Gasteiger partial charge in [-0.15, -0.1) is 0 Å². The molecule has 0 spiro atoms. The number of aromatic nitrogens is 1. The molecule has 2 heterocycles. The molecule has 3 aromatic rings. The van der Waals surface area contributed by atoms with Crippen LogP contribution in [0.4, 0.5) is 0 Å². The number of nitrogens with one attached hydrogen (secondary N) is 1. The molecule has 1 amide bonds. The first kappa shape index (κ1) is 29.2. The number of phenolic OH excluding ortho intramolecular Hbond substituents is 2. The fourth-order valence-corrected chi connectivity index (χ4v) is 4.26. The maximum atomic E-state index is 13.0. The van der Waals surface area contributed by atoms with Crippen LogP contribution in [0.1, 0.15) is 62.2 Å². The summed E-state index contributed by atoms with van der Waals surface area (Å²) in [5.41, 5.74) is 8.42. The summed E-state index contributed by atoms with van der Waals surface area (Å²) in [6.45, 7) is 14.4. The molecule has 38 heavy (non-hydrogen) atoms. The van der Waals surface area contributed by atoms with Crippen LogP contribution in [0.25, 0.3) is 22.5 Å². The number of phenols is 2. The third-order valence-electron chi connectivity index (χ3n) is 6.09. The number of amides is 1. The van der Waals surface area contributed by atoms with Gasteiger partial charge >= 0.3 is 0 Å². The molecule has 206 valence electrons. The lowest BCUT2D eigenvalue weighted by atomic mass is 9.94. The summed E-state index contributed by atoms with van der Waals surface area (Å²) in [4.78, 5) is 15.3. The zero-order valence-electron chi connectivity index (χ0n) is 23.0. The number of rotatable bonds is 7. The standard InChI is InChI=1S/C27H33N3O5.C2H7N/c1-16(2)20-13-21(23(32)14-22(20)31)26-24(25(29-35-26)27(33)28-17(3)4)19-7-5-18(6-8-19)15-30-9-11-34-12-10-30;1-2-3/h5-8,13-14,16-17,31-32H,9-12,15H2,1-4H3,(H,28,33);2-3H2,1H3. The van der Waals surface area contributed by atoms with Crippen LogP contribution >= 0.6 is 0 Å². The van der Waals surface area contributed by atoms with Crippen molar-refractivity contribution in [3.8, 4) is 33.9 Å². The Morgan fingerprint density at radius 1 is 1.08 bits per heavy atom. The number of morpholine rings is 1. The fraction of sp³-hybridized carbons (Fsp3) is 0.448. The van der Waals surface area contributed by atoms with E-state index in [1.807, 2.05) is 58.9 Å². The van der Waals surface area contributed by atoms with E-state index in [0.29, 0.717) is 16.7 Å². The van der Waals surface area contributed by atoms with Crippen LogP contribution in [0.2, 0.25) is 0 Å². The fourth-order valence-electron chi connectivity index (χ4n) is 4.26.